The molecule has 12 aromatic rings. The summed E-state index contributed by atoms with van der Waals surface area (Å²) in [5, 5.41) is 14.3. The molecule has 10 atom stereocenters. The number of benzene rings is 6. The summed E-state index contributed by atoms with van der Waals surface area (Å²) in [6, 6.07) is 33.6. The second kappa shape index (κ2) is 40.9. The van der Waals surface area contributed by atoms with E-state index in [1.165, 1.54) is 110 Å². The van der Waals surface area contributed by atoms with Gasteiger partial charge in [0.05, 0.1) is 98.1 Å². The van der Waals surface area contributed by atoms with Crippen molar-refractivity contribution in [3.63, 3.8) is 0 Å². The number of rotatable bonds is 21. The van der Waals surface area contributed by atoms with Crippen LogP contribution >= 0.6 is 38.2 Å². The SMILES string of the molecule is CCOC(=O)OCOc1c2n(ccc1=O)N([C@@H]1c3ccccc3-c3occc3-c3c1ccc(F)c3F)[C@@H]1COCCN1C2=O.CCOP(=O)(N[C@@H](C(=O)OC)C(C)(C)C)Oc1c2n(ccc1=O)N(C1c3ccccc3-c3sccc3-c3c1ccc(F)c3F)C1COCCN1C2=O.CCOP(=O)(N[C@@H](C(=O)OC)C(C)(C)C)Oc1c2n(ccc1=O)N([C@@H]1c3ccccc3-c3sccc3-c3c1ccc(F)c3F)[C@@H]1COCCN1C2=O. The van der Waals surface area contributed by atoms with E-state index in [0.29, 0.717) is 50.3 Å². The molecule has 0 bridgehead atoms. The Morgan fingerprint density at radius 2 is 0.791 bits per heavy atom. The van der Waals surface area contributed by atoms with Crippen molar-refractivity contribution in [2.24, 2.45) is 10.8 Å². The molecule has 0 spiro atoms. The van der Waals surface area contributed by atoms with Gasteiger partial charge >= 0.3 is 33.6 Å². The summed E-state index contributed by atoms with van der Waals surface area (Å²) in [7, 11) is -6.78. The number of pyridine rings is 3. The minimum Gasteiger partial charge on any atom is -0.468 e. The van der Waals surface area contributed by atoms with Gasteiger partial charge in [-0.2, -0.15) is 10.2 Å². The van der Waals surface area contributed by atoms with E-state index in [2.05, 4.69) is 10.2 Å². The number of ether oxygens (including phenoxy) is 8. The number of hydrogen-bond donors (Lipinski definition) is 2. The Hall–Kier alpha value is -14.0. The van der Waals surface area contributed by atoms with Crippen LogP contribution in [-0.4, -0.2) is 195 Å². The minimum atomic E-state index is -4.57. The van der Waals surface area contributed by atoms with E-state index in [1.54, 1.807) is 100 Å². The molecule has 0 radical (unpaired) electrons. The smallest absolute Gasteiger partial charge is 0.468 e. The molecule has 6 aromatic heterocycles. The van der Waals surface area contributed by atoms with Gasteiger partial charge in [0.2, 0.25) is 40.3 Å². The number of furan rings is 1. The Labute approximate surface area is 849 Å². The fourth-order valence-electron chi connectivity index (χ4n) is 20.2. The van der Waals surface area contributed by atoms with Crippen LogP contribution in [0.1, 0.15) is 145 Å². The van der Waals surface area contributed by atoms with Gasteiger partial charge in [-0.15, -0.1) is 22.7 Å². The van der Waals surface area contributed by atoms with Crippen LogP contribution in [0.25, 0.3) is 65.6 Å². The Bertz CT molecular complexity index is 7310. The standard InChI is InChI=1S/2C36H37F2N4O8PS.C31H25F2N3O8/c2*1-6-49-51(46,39-33(35(45)47-5)36(2,3)4)50-31-25(43)13-15-41-30(31)34(44)40-16-17-48-19-26(40)42(41)29-20-9-7-8-10-21(20)32-23(14-18-52-32)27-22(29)11-12-24(37)28(27)38;1-2-41-31(39)44-16-43-29-22(37)9-11-35-27(29)30(38)34-12-14-40-15-23(34)36(35)26-17-5-3-4-6-18(17)28-20(10-13-42-28)24-19(26)7-8-21(32)25(24)33/h2*7-15,18,26,29,33H,6,16-17,19H2,1-5H3,(H,39,46);3-11,13,23,26H,2,12,14-16H2,1H3/t26?,29?,33-,51?;26-,29-,33+,51?;23-,26-/m011/s1. The van der Waals surface area contributed by atoms with Crippen LogP contribution in [0.3, 0.4) is 0 Å². The molecule has 21 rings (SSSR count). The number of carbonyl (C=O) groups is 6. The third-order valence-corrected chi connectivity index (χ3v) is 31.8. The Balaban J connectivity index is 0.000000140. The lowest BCUT2D eigenvalue weighted by molar-refractivity contribution is -0.146. The van der Waals surface area contributed by atoms with Crippen LogP contribution in [0.2, 0.25) is 0 Å². The molecule has 2 N–H and O–H groups in total. The van der Waals surface area contributed by atoms with Crippen molar-refractivity contribution in [1.29, 1.82) is 0 Å². The molecule has 3 fully saturated rings. The number of fused-ring (bicyclic) bond motifs is 21. The summed E-state index contributed by atoms with van der Waals surface area (Å²) in [6.07, 6.45) is 2.32. The van der Waals surface area contributed by atoms with Crippen molar-refractivity contribution in [2.75, 3.05) is 115 Å². The van der Waals surface area contributed by atoms with Crippen LogP contribution in [0.5, 0.6) is 17.2 Å². The third kappa shape index (κ3) is 18.2. The molecule has 6 aliphatic heterocycles. The molecule has 9 aliphatic rings. The van der Waals surface area contributed by atoms with Crippen molar-refractivity contribution in [1.82, 2.24) is 38.9 Å². The number of nitrogens with one attached hydrogen (secondary N) is 2. The first kappa shape index (κ1) is 103. The number of hydrogen-bond acceptors (Lipinski definition) is 29. The number of methoxy groups -OCH3 is 2. The van der Waals surface area contributed by atoms with Gasteiger partial charge in [0, 0.05) is 105 Å². The molecule has 4 unspecified atom stereocenters. The van der Waals surface area contributed by atoms with E-state index in [-0.39, 0.29) is 119 Å². The van der Waals surface area contributed by atoms with Gasteiger partial charge in [-0.05, 0) is 123 Å². The van der Waals surface area contributed by atoms with Crippen molar-refractivity contribution < 1.29 is 125 Å². The second-order valence-electron chi connectivity index (χ2n) is 37.4. The van der Waals surface area contributed by atoms with Gasteiger partial charge in [0.25, 0.3) is 17.7 Å². The lowest BCUT2D eigenvalue weighted by Crippen LogP contribution is -2.66. The first-order valence-electron chi connectivity index (χ1n) is 47.2. The Morgan fingerprint density at radius 3 is 1.16 bits per heavy atom. The largest absolute Gasteiger partial charge is 0.511 e. The van der Waals surface area contributed by atoms with Crippen LogP contribution in [0, 0.1) is 45.7 Å². The zero-order valence-electron chi connectivity index (χ0n) is 81.4. The normalized spacial score (nSPS) is 19.2. The maximum atomic E-state index is 16.1. The lowest BCUT2D eigenvalue weighted by atomic mass is 9.87. The van der Waals surface area contributed by atoms with E-state index < -0.39 is 180 Å². The summed E-state index contributed by atoms with van der Waals surface area (Å²) in [6.45, 7) is 15.3. The van der Waals surface area contributed by atoms with Crippen LogP contribution in [0.4, 0.5) is 31.1 Å². The molecule has 45 heteroatoms. The number of carbonyl (C=O) groups excluding carboxylic acids is 6. The van der Waals surface area contributed by atoms with Crippen molar-refractivity contribution in [3.05, 3.63) is 297 Å². The second-order valence-corrected chi connectivity index (χ2v) is 42.6. The molecule has 3 amide bonds. The van der Waals surface area contributed by atoms with Crippen LogP contribution < -0.4 is 55.3 Å². The number of nitrogens with zero attached hydrogens (tertiary/aromatic N) is 9. The number of esters is 2. The number of thiophene rings is 2. The van der Waals surface area contributed by atoms with Gasteiger partial charge in [-0.25, -0.2) is 40.3 Å². The van der Waals surface area contributed by atoms with E-state index in [1.807, 2.05) is 83.6 Å². The van der Waals surface area contributed by atoms with Gasteiger partial charge in [-0.1, -0.05) is 133 Å². The first-order valence-corrected chi connectivity index (χ1v) is 52.1. The molecular formula is C103H99F6N11O24P2S2. The summed E-state index contributed by atoms with van der Waals surface area (Å²) in [5.41, 5.74) is 2.47. The quantitative estimate of drug-likeness (QED) is 0.0222. The first-order chi connectivity index (χ1) is 71.0. The van der Waals surface area contributed by atoms with Crippen molar-refractivity contribution in [3.8, 4) is 82.8 Å². The molecule has 6 aromatic carbocycles. The van der Waals surface area contributed by atoms with Crippen molar-refractivity contribution in [2.45, 2.75) is 111 Å². The molecular weight excluding hydrogens is 2020 g/mol. The van der Waals surface area contributed by atoms with Gasteiger partial charge in [0.15, 0.2) is 52.0 Å². The highest BCUT2D eigenvalue weighted by molar-refractivity contribution is 7.52. The summed E-state index contributed by atoms with van der Waals surface area (Å²) < 4.78 is 198. The fraction of sp³-hybridized carbons (Fsp3) is 0.330. The van der Waals surface area contributed by atoms with E-state index >= 15 is 22.0 Å². The maximum Gasteiger partial charge on any atom is 0.511 e. The molecule has 12 heterocycles. The van der Waals surface area contributed by atoms with Crippen LogP contribution in [0.15, 0.2) is 200 Å². The van der Waals surface area contributed by atoms with E-state index in [9.17, 15) is 56.7 Å². The number of morpholine rings is 3. The van der Waals surface area contributed by atoms with Crippen molar-refractivity contribution >= 4 is 74.0 Å². The monoisotopic (exact) mass is 2110 g/mol. The fourth-order valence-corrected chi connectivity index (χ4v) is 25.6. The predicted octanol–water partition coefficient (Wildman–Crippen LogP) is 16.6. The highest BCUT2D eigenvalue weighted by Crippen LogP contribution is 2.58. The van der Waals surface area contributed by atoms with E-state index in [4.69, 9.17) is 60.4 Å². The zero-order chi connectivity index (χ0) is 105. The van der Waals surface area contributed by atoms with E-state index in [0.717, 1.165) is 62.3 Å². The number of aromatic nitrogens is 3. The molecule has 774 valence electrons. The zero-order valence-corrected chi connectivity index (χ0v) is 84.9. The molecule has 0 saturated carbocycles. The maximum absolute atomic E-state index is 16.1. The molecule has 35 nitrogen and oxygen atoms in total. The Kier molecular flexibility index (Phi) is 28.4. The topological polar surface area (TPSA) is 370 Å². The average Bonchev–Trinajstić information content (AvgIpc) is 1.35. The lowest BCUT2D eigenvalue weighted by Gasteiger charge is -2.51. The minimum absolute atomic E-state index is 0.0111. The highest BCUT2D eigenvalue weighted by atomic mass is 32.1. The third-order valence-electron chi connectivity index (χ3n) is 26.7. The summed E-state index contributed by atoms with van der Waals surface area (Å²) in [4.78, 5) is 127. The molecule has 3 aliphatic carbocycles. The molecule has 3 saturated heterocycles. The van der Waals surface area contributed by atoms with Gasteiger partial charge in [0.1, 0.15) is 36.3 Å². The van der Waals surface area contributed by atoms with Gasteiger partial charge < -0.3 is 66.1 Å². The number of amides is 3. The summed E-state index contributed by atoms with van der Waals surface area (Å²) in [5.74, 6) is -10.6. The molecule has 148 heavy (non-hydrogen) atoms. The predicted molar refractivity (Wildman–Crippen MR) is 529 cm³/mol. The Morgan fingerprint density at radius 1 is 0.432 bits per heavy atom. The highest BCUT2D eigenvalue weighted by Gasteiger charge is 2.55. The van der Waals surface area contributed by atoms with Crippen LogP contribution in [-0.2, 0) is 60.9 Å². The number of halogens is 6. The average molecular weight is 2120 g/mol. The summed E-state index contributed by atoms with van der Waals surface area (Å²) >= 11 is 2.79. The van der Waals surface area contributed by atoms with Gasteiger partial charge in [-0.3, -0.25) is 76.5 Å².